The minimum Gasteiger partial charge on any atom is -1.00 e. The normalized spacial score (nSPS) is 8.87. The first kappa shape index (κ1) is 14.0. The third kappa shape index (κ3) is 3.23. The van der Waals surface area contributed by atoms with E-state index in [4.69, 9.17) is 14.9 Å². The summed E-state index contributed by atoms with van der Waals surface area (Å²) in [5, 5.41) is 17.4. The molecule has 1 rings (SSSR count). The van der Waals surface area contributed by atoms with Crippen LogP contribution >= 0.6 is 0 Å². The second kappa shape index (κ2) is 5.75. The summed E-state index contributed by atoms with van der Waals surface area (Å²) in [6, 6.07) is 3.66. The van der Waals surface area contributed by atoms with Crippen molar-refractivity contribution in [2.45, 2.75) is 0 Å². The molecule has 0 saturated carbocycles. The number of methoxy groups -OCH3 is 1. The molecule has 0 aromatic heterocycles. The number of carboxylic acids is 2. The Kier molecular flexibility index (Phi) is 5.35. The molecule has 5 nitrogen and oxygen atoms in total. The monoisotopic (exact) mass is 220 g/mol. The second-order valence-corrected chi connectivity index (χ2v) is 2.53. The zero-order valence-corrected chi connectivity index (χ0v) is 10.4. The Morgan fingerprint density at radius 2 is 1.87 bits per heavy atom. The molecular weight excluding hydrogens is 211 g/mol. The largest absolute Gasteiger partial charge is 1.00 e. The van der Waals surface area contributed by atoms with Gasteiger partial charge in [-0.1, -0.05) is 0 Å². The average Bonchev–Trinajstić information content (AvgIpc) is 2.16. The van der Waals surface area contributed by atoms with Crippen molar-refractivity contribution < 1.29 is 55.5 Å². The number of carbonyl (C=O) groups is 2. The molecule has 0 fully saturated rings. The molecule has 0 heterocycles. The molecule has 0 bridgehead atoms. The molecule has 0 amide bonds. The van der Waals surface area contributed by atoms with Gasteiger partial charge in [0, 0.05) is 0 Å². The summed E-state index contributed by atoms with van der Waals surface area (Å²) >= 11 is 0. The number of aromatic carboxylic acids is 2. The number of hydrogen-bond donors (Lipinski definition) is 2. The fourth-order valence-corrected chi connectivity index (χ4v) is 1.01. The summed E-state index contributed by atoms with van der Waals surface area (Å²) in [6.07, 6.45) is 0. The van der Waals surface area contributed by atoms with Gasteiger partial charge in [0.15, 0.2) is 0 Å². The molecule has 0 saturated heterocycles. The van der Waals surface area contributed by atoms with Crippen LogP contribution in [-0.2, 0) is 0 Å². The van der Waals surface area contributed by atoms with Crippen LogP contribution in [-0.4, -0.2) is 29.3 Å². The maximum atomic E-state index is 10.7. The van der Waals surface area contributed by atoms with Crippen LogP contribution < -0.4 is 34.3 Å². The first-order valence-electron chi connectivity index (χ1n) is 3.71. The molecule has 0 atom stereocenters. The SMILES string of the molecule is COc1ccc(C(=O)O)cc1C(=O)O.[H-].[Na+]. The average molecular weight is 220 g/mol. The Bertz CT molecular complexity index is 393. The molecule has 0 aliphatic rings. The zero-order valence-electron chi connectivity index (χ0n) is 9.35. The van der Waals surface area contributed by atoms with Gasteiger partial charge in [-0.25, -0.2) is 9.59 Å². The summed E-state index contributed by atoms with van der Waals surface area (Å²) in [7, 11) is 1.32. The summed E-state index contributed by atoms with van der Waals surface area (Å²) < 4.78 is 4.77. The first-order chi connectivity index (χ1) is 6.56. The van der Waals surface area contributed by atoms with Gasteiger partial charge in [0.1, 0.15) is 11.3 Å². The van der Waals surface area contributed by atoms with Crippen LogP contribution in [0.3, 0.4) is 0 Å². The molecule has 0 unspecified atom stereocenters. The van der Waals surface area contributed by atoms with Gasteiger partial charge in [0.05, 0.1) is 12.7 Å². The summed E-state index contributed by atoms with van der Waals surface area (Å²) in [5.74, 6) is -2.25. The van der Waals surface area contributed by atoms with E-state index in [9.17, 15) is 9.59 Å². The van der Waals surface area contributed by atoms with Crippen LogP contribution in [0.2, 0.25) is 0 Å². The van der Waals surface area contributed by atoms with E-state index in [0.717, 1.165) is 6.07 Å². The Labute approximate surface area is 109 Å². The molecule has 15 heavy (non-hydrogen) atoms. The molecule has 1 aromatic carbocycles. The van der Waals surface area contributed by atoms with Crippen LogP contribution in [0, 0.1) is 0 Å². The van der Waals surface area contributed by atoms with Crippen molar-refractivity contribution in [2.75, 3.05) is 7.11 Å². The van der Waals surface area contributed by atoms with E-state index in [1.807, 2.05) is 0 Å². The predicted molar refractivity (Wildman–Crippen MR) is 48.0 cm³/mol. The Morgan fingerprint density at radius 1 is 1.27 bits per heavy atom. The van der Waals surface area contributed by atoms with Crippen LogP contribution in [0.25, 0.3) is 0 Å². The van der Waals surface area contributed by atoms with Gasteiger partial charge in [-0.2, -0.15) is 0 Å². The first-order valence-corrected chi connectivity index (χ1v) is 3.71. The van der Waals surface area contributed by atoms with Crippen molar-refractivity contribution in [3.63, 3.8) is 0 Å². The number of ether oxygens (including phenoxy) is 1. The molecule has 6 heteroatoms. The van der Waals surface area contributed by atoms with E-state index in [-0.39, 0.29) is 47.9 Å². The molecule has 2 N–H and O–H groups in total. The van der Waals surface area contributed by atoms with Crippen LogP contribution in [0.1, 0.15) is 22.1 Å². The van der Waals surface area contributed by atoms with Crippen molar-refractivity contribution in [1.29, 1.82) is 0 Å². The second-order valence-electron chi connectivity index (χ2n) is 2.53. The van der Waals surface area contributed by atoms with Crippen molar-refractivity contribution >= 4 is 11.9 Å². The number of benzene rings is 1. The maximum Gasteiger partial charge on any atom is 1.00 e. The number of hydrogen-bond acceptors (Lipinski definition) is 3. The quantitative estimate of drug-likeness (QED) is 0.588. The van der Waals surface area contributed by atoms with Crippen LogP contribution in [0.15, 0.2) is 18.2 Å². The third-order valence-electron chi connectivity index (χ3n) is 1.68. The molecule has 0 radical (unpaired) electrons. The smallest absolute Gasteiger partial charge is 1.00 e. The van der Waals surface area contributed by atoms with Gasteiger partial charge < -0.3 is 16.4 Å². The topological polar surface area (TPSA) is 83.8 Å². The van der Waals surface area contributed by atoms with Gasteiger partial charge in [-0.15, -0.1) is 0 Å². The van der Waals surface area contributed by atoms with Crippen molar-refractivity contribution in [2.24, 2.45) is 0 Å². The number of rotatable bonds is 3. The zero-order chi connectivity index (χ0) is 10.7. The standard InChI is InChI=1S/C9H8O5.Na.H/c1-14-7-3-2-5(8(10)11)4-6(7)9(12)13;;/h2-4H,1H3,(H,10,11)(H,12,13);;/q;+1;-1. The maximum absolute atomic E-state index is 10.7. The van der Waals surface area contributed by atoms with E-state index in [1.54, 1.807) is 0 Å². The molecule has 0 aliphatic carbocycles. The van der Waals surface area contributed by atoms with E-state index >= 15 is 0 Å². The van der Waals surface area contributed by atoms with E-state index in [0.29, 0.717) is 0 Å². The predicted octanol–water partition coefficient (Wildman–Crippen LogP) is -1.79. The Hall–Kier alpha value is -1.04. The van der Waals surface area contributed by atoms with Gasteiger partial charge in [0.2, 0.25) is 0 Å². The van der Waals surface area contributed by atoms with Gasteiger partial charge in [0.25, 0.3) is 0 Å². The molecular formula is C9H9NaO5. The minimum absolute atomic E-state index is 0. The third-order valence-corrected chi connectivity index (χ3v) is 1.68. The van der Waals surface area contributed by atoms with Crippen molar-refractivity contribution in [3.05, 3.63) is 29.3 Å². The minimum atomic E-state index is -1.22. The number of carboxylic acid groups (broad SMARTS) is 2. The van der Waals surface area contributed by atoms with Crippen LogP contribution in [0.5, 0.6) is 5.75 Å². The van der Waals surface area contributed by atoms with E-state index in [1.165, 1.54) is 19.2 Å². The molecule has 0 spiro atoms. The van der Waals surface area contributed by atoms with Gasteiger partial charge >= 0.3 is 41.5 Å². The van der Waals surface area contributed by atoms with Crippen LogP contribution in [0.4, 0.5) is 0 Å². The Balaban J connectivity index is 0. The molecule has 1 aromatic rings. The summed E-state index contributed by atoms with van der Waals surface area (Å²) in [6.45, 7) is 0. The van der Waals surface area contributed by atoms with Crippen molar-refractivity contribution in [1.82, 2.24) is 0 Å². The van der Waals surface area contributed by atoms with Gasteiger partial charge in [-0.3, -0.25) is 0 Å². The fraction of sp³-hybridized carbons (Fsp3) is 0.111. The van der Waals surface area contributed by atoms with E-state index < -0.39 is 11.9 Å². The van der Waals surface area contributed by atoms with Gasteiger partial charge in [-0.05, 0) is 18.2 Å². The summed E-state index contributed by atoms with van der Waals surface area (Å²) in [4.78, 5) is 21.2. The molecule has 76 valence electrons. The Morgan fingerprint density at radius 3 is 2.27 bits per heavy atom. The fourth-order valence-electron chi connectivity index (χ4n) is 1.01. The summed E-state index contributed by atoms with van der Waals surface area (Å²) in [5.41, 5.74) is -0.240. The van der Waals surface area contributed by atoms with E-state index in [2.05, 4.69) is 0 Å². The molecule has 0 aliphatic heterocycles. The van der Waals surface area contributed by atoms with Crippen molar-refractivity contribution in [3.8, 4) is 5.75 Å².